The molecule has 2 amide bonds. The quantitative estimate of drug-likeness (QED) is 0.648. The van der Waals surface area contributed by atoms with Gasteiger partial charge in [0.15, 0.2) is 6.61 Å². The van der Waals surface area contributed by atoms with E-state index in [9.17, 15) is 19.7 Å². The number of nitro groups is 1. The number of hydrogen-bond acceptors (Lipinski definition) is 6. The number of nitro benzene ring substituents is 1. The molecule has 1 aliphatic heterocycles. The van der Waals surface area contributed by atoms with Crippen molar-refractivity contribution in [2.24, 2.45) is 0 Å². The minimum atomic E-state index is -0.565. The number of non-ortho nitro benzene ring substituents is 1. The number of nitrogens with zero attached hydrogens (tertiary/aromatic N) is 1. The van der Waals surface area contributed by atoms with E-state index >= 15 is 0 Å². The fourth-order valence-corrected chi connectivity index (χ4v) is 2.32. The number of methoxy groups -OCH3 is 1. The monoisotopic (exact) mass is 343 g/mol. The molecule has 0 aliphatic carbocycles. The van der Waals surface area contributed by atoms with Gasteiger partial charge in [-0.1, -0.05) is 0 Å². The van der Waals surface area contributed by atoms with Crippen molar-refractivity contribution < 1.29 is 24.0 Å². The number of rotatable bonds is 4. The highest BCUT2D eigenvalue weighted by molar-refractivity contribution is 6.06. The Bertz CT molecular complexity index is 880. The van der Waals surface area contributed by atoms with Gasteiger partial charge < -0.3 is 20.1 Å². The molecule has 0 bridgehead atoms. The molecule has 0 radical (unpaired) electrons. The third kappa shape index (κ3) is 3.34. The second-order valence-corrected chi connectivity index (χ2v) is 5.14. The van der Waals surface area contributed by atoms with Crippen molar-refractivity contribution in [2.75, 3.05) is 24.4 Å². The number of anilines is 2. The highest BCUT2D eigenvalue weighted by Gasteiger charge is 2.19. The smallest absolute Gasteiger partial charge is 0.271 e. The molecule has 1 aliphatic rings. The third-order valence-electron chi connectivity index (χ3n) is 3.52. The van der Waals surface area contributed by atoms with Crippen LogP contribution in [-0.2, 0) is 4.79 Å². The Labute approximate surface area is 141 Å². The molecular weight excluding hydrogens is 330 g/mol. The maximum absolute atomic E-state index is 12.4. The van der Waals surface area contributed by atoms with Crippen LogP contribution in [0, 0.1) is 10.1 Å². The fourth-order valence-electron chi connectivity index (χ4n) is 2.32. The van der Waals surface area contributed by atoms with Crippen LogP contribution in [0.4, 0.5) is 17.1 Å². The number of fused-ring (bicyclic) bond motifs is 1. The van der Waals surface area contributed by atoms with E-state index < -0.39 is 10.8 Å². The van der Waals surface area contributed by atoms with Crippen molar-refractivity contribution >= 4 is 28.9 Å². The van der Waals surface area contributed by atoms with Crippen LogP contribution in [0.15, 0.2) is 36.4 Å². The molecule has 3 rings (SSSR count). The molecule has 0 fully saturated rings. The van der Waals surface area contributed by atoms with Gasteiger partial charge in [0.1, 0.15) is 11.5 Å². The highest BCUT2D eigenvalue weighted by Crippen LogP contribution is 2.31. The number of amides is 2. The van der Waals surface area contributed by atoms with E-state index in [0.717, 1.165) is 0 Å². The van der Waals surface area contributed by atoms with Gasteiger partial charge in [-0.25, -0.2) is 0 Å². The molecular formula is C16H13N3O6. The Balaban J connectivity index is 1.86. The summed E-state index contributed by atoms with van der Waals surface area (Å²) < 4.78 is 10.4. The second kappa shape index (κ2) is 6.48. The Morgan fingerprint density at radius 2 is 2.12 bits per heavy atom. The van der Waals surface area contributed by atoms with Gasteiger partial charge in [-0.3, -0.25) is 19.7 Å². The fraction of sp³-hybridized carbons (Fsp3) is 0.125. The van der Waals surface area contributed by atoms with Gasteiger partial charge in [0.05, 0.1) is 23.4 Å². The van der Waals surface area contributed by atoms with Gasteiger partial charge in [0, 0.05) is 17.7 Å². The molecule has 2 N–H and O–H groups in total. The van der Waals surface area contributed by atoms with Gasteiger partial charge in [-0.15, -0.1) is 0 Å². The average molecular weight is 343 g/mol. The summed E-state index contributed by atoms with van der Waals surface area (Å²) in [5.41, 5.74) is 0.741. The van der Waals surface area contributed by atoms with E-state index in [1.165, 1.54) is 37.4 Å². The lowest BCUT2D eigenvalue weighted by Gasteiger charge is -2.18. The predicted molar refractivity (Wildman–Crippen MR) is 88.2 cm³/mol. The predicted octanol–water partition coefficient (Wildman–Crippen LogP) is 2.19. The van der Waals surface area contributed by atoms with E-state index in [4.69, 9.17) is 9.47 Å². The van der Waals surface area contributed by atoms with E-state index in [0.29, 0.717) is 17.2 Å². The normalized spacial score (nSPS) is 12.4. The molecule has 9 heteroatoms. The third-order valence-corrected chi connectivity index (χ3v) is 3.52. The maximum Gasteiger partial charge on any atom is 0.271 e. The number of nitrogens with one attached hydrogen (secondary N) is 2. The zero-order valence-electron chi connectivity index (χ0n) is 13.1. The largest absolute Gasteiger partial charge is 0.495 e. The van der Waals surface area contributed by atoms with Crippen LogP contribution in [-0.4, -0.2) is 30.5 Å². The SMILES string of the molecule is COc1ccc([N+](=O)[O-])cc1NC(=O)c1ccc2c(c1)OCC(=O)N2. The lowest BCUT2D eigenvalue weighted by atomic mass is 10.1. The Kier molecular flexibility index (Phi) is 4.21. The van der Waals surface area contributed by atoms with E-state index in [2.05, 4.69) is 10.6 Å². The molecule has 0 aromatic heterocycles. The number of carbonyl (C=O) groups excluding carboxylic acids is 2. The number of benzene rings is 2. The van der Waals surface area contributed by atoms with Crippen molar-refractivity contribution in [2.45, 2.75) is 0 Å². The van der Waals surface area contributed by atoms with Crippen LogP contribution >= 0.6 is 0 Å². The van der Waals surface area contributed by atoms with Crippen molar-refractivity contribution in [3.05, 3.63) is 52.1 Å². The number of hydrogen-bond donors (Lipinski definition) is 2. The van der Waals surface area contributed by atoms with Crippen molar-refractivity contribution in [1.82, 2.24) is 0 Å². The first kappa shape index (κ1) is 16.2. The standard InChI is InChI=1S/C16H13N3O6/c1-24-13-5-3-10(19(22)23)7-12(13)18-16(21)9-2-4-11-14(6-9)25-8-15(20)17-11/h2-7H,8H2,1H3,(H,17,20)(H,18,21). The van der Waals surface area contributed by atoms with Gasteiger partial charge in [0.25, 0.3) is 17.5 Å². The summed E-state index contributed by atoms with van der Waals surface area (Å²) in [5, 5.41) is 16.1. The van der Waals surface area contributed by atoms with Gasteiger partial charge >= 0.3 is 0 Å². The zero-order chi connectivity index (χ0) is 18.0. The molecule has 2 aromatic carbocycles. The summed E-state index contributed by atoms with van der Waals surface area (Å²) in [4.78, 5) is 34.0. The molecule has 128 valence electrons. The minimum Gasteiger partial charge on any atom is -0.495 e. The molecule has 0 atom stereocenters. The highest BCUT2D eigenvalue weighted by atomic mass is 16.6. The molecule has 0 saturated carbocycles. The van der Waals surface area contributed by atoms with Gasteiger partial charge in [0.2, 0.25) is 0 Å². The molecule has 0 spiro atoms. The van der Waals surface area contributed by atoms with Crippen LogP contribution in [0.1, 0.15) is 10.4 Å². The second-order valence-electron chi connectivity index (χ2n) is 5.14. The number of ether oxygens (including phenoxy) is 2. The topological polar surface area (TPSA) is 120 Å². The van der Waals surface area contributed by atoms with Crippen LogP contribution in [0.2, 0.25) is 0 Å². The molecule has 2 aromatic rings. The minimum absolute atomic E-state index is 0.128. The average Bonchev–Trinajstić information content (AvgIpc) is 2.61. The summed E-state index contributed by atoms with van der Waals surface area (Å²) in [6, 6.07) is 8.43. The first-order valence-corrected chi connectivity index (χ1v) is 7.18. The number of carbonyl (C=O) groups is 2. The van der Waals surface area contributed by atoms with Crippen LogP contribution in [0.25, 0.3) is 0 Å². The Hall–Kier alpha value is -3.62. The first-order chi connectivity index (χ1) is 12.0. The van der Waals surface area contributed by atoms with E-state index in [1.54, 1.807) is 6.07 Å². The van der Waals surface area contributed by atoms with Gasteiger partial charge in [-0.05, 0) is 24.3 Å². The van der Waals surface area contributed by atoms with Crippen LogP contribution < -0.4 is 20.1 Å². The Morgan fingerprint density at radius 3 is 2.84 bits per heavy atom. The lowest BCUT2D eigenvalue weighted by Crippen LogP contribution is -2.25. The first-order valence-electron chi connectivity index (χ1n) is 7.18. The van der Waals surface area contributed by atoms with Crippen molar-refractivity contribution in [1.29, 1.82) is 0 Å². The molecule has 0 saturated heterocycles. The van der Waals surface area contributed by atoms with Crippen molar-refractivity contribution in [3.63, 3.8) is 0 Å². The maximum atomic E-state index is 12.4. The summed E-state index contributed by atoms with van der Waals surface area (Å²) in [7, 11) is 1.40. The van der Waals surface area contributed by atoms with Crippen molar-refractivity contribution in [3.8, 4) is 11.5 Å². The lowest BCUT2D eigenvalue weighted by molar-refractivity contribution is -0.384. The molecule has 25 heavy (non-hydrogen) atoms. The van der Waals surface area contributed by atoms with E-state index in [-0.39, 0.29) is 29.5 Å². The molecule has 1 heterocycles. The van der Waals surface area contributed by atoms with E-state index in [1.807, 2.05) is 0 Å². The zero-order valence-corrected chi connectivity index (χ0v) is 13.1. The summed E-state index contributed by atoms with van der Waals surface area (Å²) in [5.74, 6) is -0.105. The summed E-state index contributed by atoms with van der Waals surface area (Å²) in [6.07, 6.45) is 0. The summed E-state index contributed by atoms with van der Waals surface area (Å²) >= 11 is 0. The summed E-state index contributed by atoms with van der Waals surface area (Å²) in [6.45, 7) is -0.128. The van der Waals surface area contributed by atoms with Crippen LogP contribution in [0.3, 0.4) is 0 Å². The van der Waals surface area contributed by atoms with Crippen LogP contribution in [0.5, 0.6) is 11.5 Å². The molecule has 9 nitrogen and oxygen atoms in total. The molecule has 0 unspecified atom stereocenters. The van der Waals surface area contributed by atoms with Gasteiger partial charge in [-0.2, -0.15) is 0 Å². The Morgan fingerprint density at radius 1 is 1.32 bits per heavy atom.